The Hall–Kier alpha value is -2.57. The van der Waals surface area contributed by atoms with Crippen molar-refractivity contribution in [3.05, 3.63) is 63.6 Å². The van der Waals surface area contributed by atoms with Crippen molar-refractivity contribution in [1.82, 2.24) is 4.98 Å². The van der Waals surface area contributed by atoms with E-state index >= 15 is 0 Å². The molecule has 7 heteroatoms. The highest BCUT2D eigenvalue weighted by Crippen LogP contribution is 2.38. The summed E-state index contributed by atoms with van der Waals surface area (Å²) in [4.78, 5) is 16.6. The van der Waals surface area contributed by atoms with Crippen molar-refractivity contribution in [1.29, 1.82) is 0 Å². The number of hydrogen-bond donors (Lipinski definition) is 1. The number of carbonyl (C=O) groups is 1. The number of carboxylic acids is 1. The predicted molar refractivity (Wildman–Crippen MR) is 109 cm³/mol. The Morgan fingerprint density at radius 3 is 2.86 bits per heavy atom. The first-order valence-corrected chi connectivity index (χ1v) is 10.0. The van der Waals surface area contributed by atoms with Crippen LogP contribution in [-0.2, 0) is 11.4 Å². The van der Waals surface area contributed by atoms with Gasteiger partial charge in [0.2, 0.25) is 0 Å². The molecule has 2 heterocycles. The molecule has 0 spiro atoms. The van der Waals surface area contributed by atoms with Gasteiger partial charge in [-0.2, -0.15) is 0 Å². The van der Waals surface area contributed by atoms with E-state index in [4.69, 9.17) is 26.2 Å². The second-order valence-electron chi connectivity index (χ2n) is 6.63. The third-order valence-electron chi connectivity index (χ3n) is 4.64. The second kappa shape index (κ2) is 7.81. The SMILES string of the molecule is Cc1nc(-c2ccc(Cl)cc2)sc1COc1ccc2c(c1)OCC2CC(=O)O. The van der Waals surface area contributed by atoms with Gasteiger partial charge in [-0.3, -0.25) is 4.79 Å². The summed E-state index contributed by atoms with van der Waals surface area (Å²) >= 11 is 7.55. The standard InChI is InChI=1S/C21H18ClNO4S/c1-12-19(28-21(23-12)13-2-4-15(22)5-3-13)11-26-16-6-7-17-14(8-20(24)25)10-27-18(17)9-16/h2-7,9,14H,8,10-11H2,1H3,(H,24,25). The molecule has 0 amide bonds. The molecule has 1 unspecified atom stereocenters. The summed E-state index contributed by atoms with van der Waals surface area (Å²) in [6, 6.07) is 13.2. The third kappa shape index (κ3) is 3.98. The molecule has 0 fully saturated rings. The van der Waals surface area contributed by atoms with Gasteiger partial charge in [-0.1, -0.05) is 29.8 Å². The van der Waals surface area contributed by atoms with Gasteiger partial charge in [0.05, 0.1) is 23.6 Å². The number of ether oxygens (including phenoxy) is 2. The van der Waals surface area contributed by atoms with Crippen molar-refractivity contribution in [3.8, 4) is 22.1 Å². The number of aromatic nitrogens is 1. The average Bonchev–Trinajstić information content (AvgIpc) is 3.23. The van der Waals surface area contributed by atoms with Gasteiger partial charge in [0.1, 0.15) is 23.1 Å². The number of hydrogen-bond acceptors (Lipinski definition) is 5. The van der Waals surface area contributed by atoms with E-state index in [0.717, 1.165) is 26.7 Å². The van der Waals surface area contributed by atoms with Gasteiger partial charge in [0, 0.05) is 28.1 Å². The van der Waals surface area contributed by atoms with Crippen LogP contribution in [0.3, 0.4) is 0 Å². The van der Waals surface area contributed by atoms with Gasteiger partial charge >= 0.3 is 5.97 Å². The Labute approximate surface area is 171 Å². The van der Waals surface area contributed by atoms with Crippen LogP contribution in [0.4, 0.5) is 0 Å². The van der Waals surface area contributed by atoms with E-state index < -0.39 is 5.97 Å². The molecule has 144 valence electrons. The molecule has 5 nitrogen and oxygen atoms in total. The van der Waals surface area contributed by atoms with Crippen LogP contribution in [0.15, 0.2) is 42.5 Å². The number of carboxylic acid groups (broad SMARTS) is 1. The van der Waals surface area contributed by atoms with Crippen LogP contribution >= 0.6 is 22.9 Å². The van der Waals surface area contributed by atoms with E-state index in [1.54, 1.807) is 11.3 Å². The van der Waals surface area contributed by atoms with Gasteiger partial charge in [0.25, 0.3) is 0 Å². The van der Waals surface area contributed by atoms with Crippen molar-refractivity contribution >= 4 is 28.9 Å². The molecular formula is C21H18ClNO4S. The minimum Gasteiger partial charge on any atom is -0.492 e. The summed E-state index contributed by atoms with van der Waals surface area (Å²) in [5.74, 6) is 0.466. The highest BCUT2D eigenvalue weighted by atomic mass is 35.5. The molecule has 1 N–H and O–H groups in total. The van der Waals surface area contributed by atoms with E-state index in [0.29, 0.717) is 29.7 Å². The summed E-state index contributed by atoms with van der Waals surface area (Å²) in [5, 5.41) is 10.6. The summed E-state index contributed by atoms with van der Waals surface area (Å²) < 4.78 is 11.6. The molecule has 0 aliphatic carbocycles. The number of thiazole rings is 1. The molecule has 0 radical (unpaired) electrons. The first-order valence-electron chi connectivity index (χ1n) is 8.83. The Morgan fingerprint density at radius 2 is 2.11 bits per heavy atom. The number of fused-ring (bicyclic) bond motifs is 1. The minimum absolute atomic E-state index is 0.0702. The number of benzene rings is 2. The first kappa shape index (κ1) is 18.8. The van der Waals surface area contributed by atoms with Gasteiger partial charge in [-0.15, -0.1) is 11.3 Å². The molecule has 0 bridgehead atoms. The van der Waals surface area contributed by atoms with Gasteiger partial charge < -0.3 is 14.6 Å². The number of aryl methyl sites for hydroxylation is 1. The fraction of sp³-hybridized carbons (Fsp3) is 0.238. The normalized spacial score (nSPS) is 15.1. The lowest BCUT2D eigenvalue weighted by molar-refractivity contribution is -0.137. The highest BCUT2D eigenvalue weighted by molar-refractivity contribution is 7.15. The van der Waals surface area contributed by atoms with Crippen LogP contribution < -0.4 is 9.47 Å². The maximum absolute atomic E-state index is 11.0. The number of halogens is 1. The zero-order chi connectivity index (χ0) is 19.7. The largest absolute Gasteiger partial charge is 0.492 e. The van der Waals surface area contributed by atoms with Crippen molar-refractivity contribution < 1.29 is 19.4 Å². The number of nitrogens with zero attached hydrogens (tertiary/aromatic N) is 1. The van der Waals surface area contributed by atoms with E-state index in [1.165, 1.54) is 0 Å². The smallest absolute Gasteiger partial charge is 0.304 e. The fourth-order valence-electron chi connectivity index (χ4n) is 3.15. The molecule has 2 aromatic carbocycles. The lowest BCUT2D eigenvalue weighted by Crippen LogP contribution is -2.07. The minimum atomic E-state index is -0.820. The first-order chi connectivity index (χ1) is 13.5. The van der Waals surface area contributed by atoms with Crippen molar-refractivity contribution in [2.24, 2.45) is 0 Å². The summed E-state index contributed by atoms with van der Waals surface area (Å²) in [7, 11) is 0. The topological polar surface area (TPSA) is 68.7 Å². The maximum atomic E-state index is 11.0. The van der Waals surface area contributed by atoms with Crippen LogP contribution in [-0.4, -0.2) is 22.7 Å². The molecule has 0 saturated heterocycles. The quantitative estimate of drug-likeness (QED) is 0.591. The molecule has 1 aliphatic rings. The van der Waals surface area contributed by atoms with Crippen LogP contribution in [0.2, 0.25) is 5.02 Å². The average molecular weight is 416 g/mol. The zero-order valence-corrected chi connectivity index (χ0v) is 16.7. The Kier molecular flexibility index (Phi) is 5.24. The Bertz CT molecular complexity index is 1020. The Morgan fingerprint density at radius 1 is 1.32 bits per heavy atom. The summed E-state index contributed by atoms with van der Waals surface area (Å²) in [6.45, 7) is 2.77. The number of rotatable bonds is 6. The maximum Gasteiger partial charge on any atom is 0.304 e. The molecule has 1 atom stereocenters. The third-order valence-corrected chi connectivity index (χ3v) is 6.07. The van der Waals surface area contributed by atoms with Gasteiger partial charge in [0.15, 0.2) is 0 Å². The molecule has 28 heavy (non-hydrogen) atoms. The second-order valence-corrected chi connectivity index (χ2v) is 8.15. The molecule has 1 aromatic heterocycles. The van der Waals surface area contributed by atoms with Gasteiger partial charge in [-0.05, 0) is 25.1 Å². The lowest BCUT2D eigenvalue weighted by atomic mass is 9.98. The van der Waals surface area contributed by atoms with E-state index in [1.807, 2.05) is 49.4 Å². The summed E-state index contributed by atoms with van der Waals surface area (Å²) in [6.07, 6.45) is 0.0702. The monoisotopic (exact) mass is 415 g/mol. The molecule has 0 saturated carbocycles. The fourth-order valence-corrected chi connectivity index (χ4v) is 4.26. The Balaban J connectivity index is 1.45. The predicted octanol–water partition coefficient (Wildman–Crippen LogP) is 5.30. The molecular weight excluding hydrogens is 398 g/mol. The molecule has 1 aliphatic heterocycles. The van der Waals surface area contributed by atoms with Crippen molar-refractivity contribution in [2.75, 3.05) is 6.61 Å². The van der Waals surface area contributed by atoms with E-state index in [9.17, 15) is 4.79 Å². The molecule has 3 aromatic rings. The highest BCUT2D eigenvalue weighted by Gasteiger charge is 2.26. The zero-order valence-electron chi connectivity index (χ0n) is 15.1. The van der Waals surface area contributed by atoms with E-state index in [2.05, 4.69) is 4.98 Å². The van der Waals surface area contributed by atoms with Gasteiger partial charge in [-0.25, -0.2) is 4.98 Å². The van der Waals surface area contributed by atoms with Crippen LogP contribution in [0.5, 0.6) is 11.5 Å². The van der Waals surface area contributed by atoms with Crippen LogP contribution in [0, 0.1) is 6.92 Å². The van der Waals surface area contributed by atoms with Crippen LogP contribution in [0.25, 0.3) is 10.6 Å². The number of aliphatic carboxylic acids is 1. The van der Waals surface area contributed by atoms with Crippen LogP contribution in [0.1, 0.15) is 28.5 Å². The van der Waals surface area contributed by atoms with Crippen molar-refractivity contribution in [3.63, 3.8) is 0 Å². The lowest BCUT2D eigenvalue weighted by Gasteiger charge is -2.08. The molecule has 4 rings (SSSR count). The van der Waals surface area contributed by atoms with E-state index in [-0.39, 0.29) is 12.3 Å². The van der Waals surface area contributed by atoms with Crippen molar-refractivity contribution in [2.45, 2.75) is 25.9 Å². The summed E-state index contributed by atoms with van der Waals surface area (Å²) in [5.41, 5.74) is 2.89.